The second-order valence-electron chi connectivity index (χ2n) is 7.60. The van der Waals surface area contributed by atoms with Gasteiger partial charge in [-0.2, -0.15) is 0 Å². The van der Waals surface area contributed by atoms with Crippen LogP contribution in [-0.2, 0) is 23.9 Å². The molecule has 0 radical (unpaired) electrons. The highest BCUT2D eigenvalue weighted by Crippen LogP contribution is 2.31. The van der Waals surface area contributed by atoms with Crippen LogP contribution in [0.5, 0.6) is 0 Å². The molecule has 0 aromatic rings. The van der Waals surface area contributed by atoms with Gasteiger partial charge in [-0.25, -0.2) is 0 Å². The summed E-state index contributed by atoms with van der Waals surface area (Å²) in [5.41, 5.74) is -1.01. The monoisotopic (exact) mass is 368 g/mol. The van der Waals surface area contributed by atoms with E-state index >= 15 is 0 Å². The number of hydrogen-bond acceptors (Lipinski definition) is 5. The van der Waals surface area contributed by atoms with Crippen molar-refractivity contribution >= 4 is 18.2 Å². The molecule has 1 aliphatic heterocycles. The van der Waals surface area contributed by atoms with Crippen LogP contribution in [0.15, 0.2) is 0 Å². The van der Waals surface area contributed by atoms with E-state index < -0.39 is 17.4 Å². The molecule has 0 aromatic carbocycles. The van der Waals surface area contributed by atoms with Crippen molar-refractivity contribution in [3.05, 3.63) is 0 Å². The van der Waals surface area contributed by atoms with Crippen molar-refractivity contribution in [2.75, 3.05) is 13.2 Å². The number of rotatable bonds is 16. The first-order valence-electron chi connectivity index (χ1n) is 10.4. The van der Waals surface area contributed by atoms with Crippen molar-refractivity contribution in [3.8, 4) is 0 Å². The predicted molar refractivity (Wildman–Crippen MR) is 101 cm³/mol. The number of cyclic esters (lactones) is 1. The second kappa shape index (κ2) is 13.8. The standard InChI is InChI=1S/C21H36O5/c1-2-3-4-5-6-7-8-9-10-11-12-13-14-25-19(23)15-21(17-22)16-20(24)26-18-21/h17H,2-16,18H2,1H3/t21-/m1/s1. The highest BCUT2D eigenvalue weighted by molar-refractivity contribution is 5.84. The van der Waals surface area contributed by atoms with Crippen molar-refractivity contribution in [1.82, 2.24) is 0 Å². The maximum Gasteiger partial charge on any atom is 0.306 e. The van der Waals surface area contributed by atoms with Gasteiger partial charge in [0.25, 0.3) is 0 Å². The number of carbonyl (C=O) groups excluding carboxylic acids is 3. The number of unbranched alkanes of at least 4 members (excludes halogenated alkanes) is 11. The van der Waals surface area contributed by atoms with Gasteiger partial charge in [-0.15, -0.1) is 0 Å². The lowest BCUT2D eigenvalue weighted by Gasteiger charge is -2.16. The Labute approximate surface area is 158 Å². The van der Waals surface area contributed by atoms with Crippen molar-refractivity contribution in [2.45, 2.75) is 96.8 Å². The topological polar surface area (TPSA) is 69.7 Å². The van der Waals surface area contributed by atoms with Gasteiger partial charge in [0, 0.05) is 0 Å². The van der Waals surface area contributed by atoms with Gasteiger partial charge in [-0.05, 0) is 6.42 Å². The number of aldehydes is 1. The van der Waals surface area contributed by atoms with Crippen molar-refractivity contribution in [1.29, 1.82) is 0 Å². The van der Waals surface area contributed by atoms with Gasteiger partial charge in [-0.1, -0.05) is 77.6 Å². The van der Waals surface area contributed by atoms with E-state index in [1.165, 1.54) is 64.2 Å². The normalized spacial score (nSPS) is 19.3. The SMILES string of the molecule is CCCCCCCCCCCCCCOC(=O)C[C@@]1(C=O)COC(=O)C1. The Hall–Kier alpha value is -1.39. The highest BCUT2D eigenvalue weighted by atomic mass is 16.5. The van der Waals surface area contributed by atoms with Crippen LogP contribution in [0.1, 0.15) is 96.8 Å². The first-order valence-corrected chi connectivity index (χ1v) is 10.4. The molecule has 0 N–H and O–H groups in total. The van der Waals surface area contributed by atoms with Crippen LogP contribution in [0.2, 0.25) is 0 Å². The Morgan fingerprint density at radius 3 is 2.00 bits per heavy atom. The molecule has 0 unspecified atom stereocenters. The molecule has 0 bridgehead atoms. The molecule has 0 saturated carbocycles. The van der Waals surface area contributed by atoms with E-state index in [1.807, 2.05) is 0 Å². The van der Waals surface area contributed by atoms with E-state index in [-0.39, 0.29) is 19.4 Å². The van der Waals surface area contributed by atoms with Crippen LogP contribution in [0.3, 0.4) is 0 Å². The molecule has 0 amide bonds. The number of carbonyl (C=O) groups is 3. The minimum Gasteiger partial charge on any atom is -0.466 e. The summed E-state index contributed by atoms with van der Waals surface area (Å²) in [6.07, 6.45) is 15.7. The zero-order valence-corrected chi connectivity index (χ0v) is 16.4. The molecule has 1 fully saturated rings. The summed E-state index contributed by atoms with van der Waals surface area (Å²) in [4.78, 5) is 34.1. The third kappa shape index (κ3) is 9.93. The fourth-order valence-electron chi connectivity index (χ4n) is 3.31. The molecule has 1 saturated heterocycles. The van der Waals surface area contributed by atoms with Gasteiger partial charge in [-0.3, -0.25) is 9.59 Å². The fourth-order valence-corrected chi connectivity index (χ4v) is 3.31. The van der Waals surface area contributed by atoms with E-state index in [1.54, 1.807) is 0 Å². The average molecular weight is 369 g/mol. The lowest BCUT2D eigenvalue weighted by atomic mass is 9.85. The second-order valence-corrected chi connectivity index (χ2v) is 7.60. The molecule has 1 rings (SSSR count). The molecule has 5 nitrogen and oxygen atoms in total. The average Bonchev–Trinajstić information content (AvgIpc) is 3.00. The van der Waals surface area contributed by atoms with Crippen LogP contribution in [0.4, 0.5) is 0 Å². The lowest BCUT2D eigenvalue weighted by Crippen LogP contribution is -2.27. The van der Waals surface area contributed by atoms with Crippen molar-refractivity contribution in [2.24, 2.45) is 5.41 Å². The summed E-state index contributed by atoms with van der Waals surface area (Å²) in [6.45, 7) is 2.62. The van der Waals surface area contributed by atoms with E-state index in [0.29, 0.717) is 12.9 Å². The minimum atomic E-state index is -1.01. The Morgan fingerprint density at radius 2 is 1.54 bits per heavy atom. The number of ether oxygens (including phenoxy) is 2. The third-order valence-electron chi connectivity index (χ3n) is 5.02. The first kappa shape index (κ1) is 22.7. The Balaban J connectivity index is 1.90. The molecule has 5 heteroatoms. The third-order valence-corrected chi connectivity index (χ3v) is 5.02. The van der Waals surface area contributed by atoms with Crippen molar-refractivity contribution in [3.63, 3.8) is 0 Å². The highest BCUT2D eigenvalue weighted by Gasteiger charge is 2.42. The van der Waals surface area contributed by atoms with E-state index in [9.17, 15) is 14.4 Å². The van der Waals surface area contributed by atoms with Gasteiger partial charge in [0.05, 0.1) is 24.9 Å². The predicted octanol–water partition coefficient (Wildman–Crippen LogP) is 4.75. The van der Waals surface area contributed by atoms with Gasteiger partial charge >= 0.3 is 11.9 Å². The summed E-state index contributed by atoms with van der Waals surface area (Å²) >= 11 is 0. The number of hydrogen-bond donors (Lipinski definition) is 0. The zero-order valence-electron chi connectivity index (χ0n) is 16.4. The van der Waals surface area contributed by atoms with Crippen LogP contribution < -0.4 is 0 Å². The molecular weight excluding hydrogens is 332 g/mol. The lowest BCUT2D eigenvalue weighted by molar-refractivity contribution is -0.148. The Kier molecular flexibility index (Phi) is 12.0. The Morgan fingerprint density at radius 1 is 1.00 bits per heavy atom. The van der Waals surface area contributed by atoms with Gasteiger partial charge in [0.1, 0.15) is 12.9 Å². The summed E-state index contributed by atoms with van der Waals surface area (Å²) in [5.74, 6) is -0.843. The molecule has 0 aliphatic carbocycles. The molecule has 1 atom stereocenters. The van der Waals surface area contributed by atoms with Gasteiger partial charge in [0.2, 0.25) is 0 Å². The van der Waals surface area contributed by atoms with E-state index in [0.717, 1.165) is 12.8 Å². The Bertz CT molecular complexity index is 421. The quantitative estimate of drug-likeness (QED) is 0.223. The summed E-state index contributed by atoms with van der Waals surface area (Å²) in [5, 5.41) is 0. The van der Waals surface area contributed by atoms with Crippen LogP contribution in [-0.4, -0.2) is 31.4 Å². The maximum atomic E-state index is 11.8. The van der Waals surface area contributed by atoms with E-state index in [2.05, 4.69) is 6.92 Å². The van der Waals surface area contributed by atoms with Crippen LogP contribution in [0.25, 0.3) is 0 Å². The first-order chi connectivity index (χ1) is 12.6. The molecule has 0 spiro atoms. The van der Waals surface area contributed by atoms with Crippen LogP contribution in [0, 0.1) is 5.41 Å². The molecule has 26 heavy (non-hydrogen) atoms. The fraction of sp³-hybridized carbons (Fsp3) is 0.857. The zero-order chi connectivity index (χ0) is 19.1. The largest absolute Gasteiger partial charge is 0.466 e. The molecule has 1 aliphatic rings. The van der Waals surface area contributed by atoms with Crippen molar-refractivity contribution < 1.29 is 23.9 Å². The smallest absolute Gasteiger partial charge is 0.306 e. The summed E-state index contributed by atoms with van der Waals surface area (Å²) in [6, 6.07) is 0. The number of esters is 2. The summed E-state index contributed by atoms with van der Waals surface area (Å²) in [7, 11) is 0. The van der Waals surface area contributed by atoms with Crippen LogP contribution >= 0.6 is 0 Å². The molecule has 150 valence electrons. The minimum absolute atomic E-state index is 0.0109. The molecule has 0 aromatic heterocycles. The molecule has 1 heterocycles. The van der Waals surface area contributed by atoms with E-state index in [4.69, 9.17) is 9.47 Å². The van der Waals surface area contributed by atoms with Gasteiger partial charge < -0.3 is 14.3 Å². The molecular formula is C21H36O5. The van der Waals surface area contributed by atoms with Gasteiger partial charge in [0.15, 0.2) is 0 Å². The maximum absolute atomic E-state index is 11.8. The summed E-state index contributed by atoms with van der Waals surface area (Å²) < 4.78 is 10.00.